The topological polar surface area (TPSA) is 108 Å². The van der Waals surface area contributed by atoms with Gasteiger partial charge in [0.1, 0.15) is 23.0 Å². The van der Waals surface area contributed by atoms with Crippen molar-refractivity contribution in [3.63, 3.8) is 0 Å². The molecular weight excluding hydrogens is 248 g/mol. The molecule has 1 aromatic heterocycles. The van der Waals surface area contributed by atoms with E-state index in [1.165, 1.54) is 12.3 Å². The Hall–Kier alpha value is -1.06. The Bertz CT molecular complexity index is 484. The molecule has 1 saturated heterocycles. The third-order valence-electron chi connectivity index (χ3n) is 2.66. The van der Waals surface area contributed by atoms with Crippen molar-refractivity contribution in [3.05, 3.63) is 27.4 Å². The number of rotatable bonds is 2. The number of aromatic nitrogens is 2. The van der Waals surface area contributed by atoms with Gasteiger partial charge < -0.3 is 25.0 Å². The number of aliphatic hydroxyl groups is 3. The van der Waals surface area contributed by atoms with E-state index in [0.29, 0.717) is 0 Å². The van der Waals surface area contributed by atoms with Crippen molar-refractivity contribution in [1.82, 2.24) is 9.55 Å². The van der Waals surface area contributed by atoms with Crippen LogP contribution >= 0.6 is 12.2 Å². The zero-order valence-corrected chi connectivity index (χ0v) is 9.50. The average molecular weight is 260 g/mol. The number of ether oxygens (including phenoxy) is 1. The monoisotopic (exact) mass is 260 g/mol. The van der Waals surface area contributed by atoms with Gasteiger partial charge in [0.25, 0.3) is 0 Å². The van der Waals surface area contributed by atoms with Crippen molar-refractivity contribution in [2.24, 2.45) is 0 Å². The van der Waals surface area contributed by atoms with Crippen LogP contribution in [0.2, 0.25) is 0 Å². The minimum absolute atomic E-state index is 0.170. The lowest BCUT2D eigenvalue weighted by Crippen LogP contribution is -2.36. The second kappa shape index (κ2) is 4.67. The van der Waals surface area contributed by atoms with Gasteiger partial charge >= 0.3 is 5.69 Å². The van der Waals surface area contributed by atoms with Gasteiger partial charge in [-0.3, -0.25) is 4.57 Å². The number of hydrogen-bond acceptors (Lipinski definition) is 6. The fourth-order valence-electron chi connectivity index (χ4n) is 1.77. The van der Waals surface area contributed by atoms with E-state index >= 15 is 0 Å². The Morgan fingerprint density at radius 2 is 2.18 bits per heavy atom. The number of H-pyrrole nitrogens is 1. The first kappa shape index (κ1) is 12.4. The zero-order valence-electron chi connectivity index (χ0n) is 8.68. The fourth-order valence-corrected chi connectivity index (χ4v) is 2.02. The van der Waals surface area contributed by atoms with Gasteiger partial charge in [0.2, 0.25) is 0 Å². The van der Waals surface area contributed by atoms with Crippen molar-refractivity contribution >= 4 is 12.2 Å². The number of aromatic amines is 1. The van der Waals surface area contributed by atoms with Crippen LogP contribution in [-0.4, -0.2) is 49.8 Å². The smallest absolute Gasteiger partial charge is 0.328 e. The van der Waals surface area contributed by atoms with Gasteiger partial charge in [0.05, 0.1) is 6.61 Å². The van der Waals surface area contributed by atoms with Crippen LogP contribution in [0.3, 0.4) is 0 Å². The van der Waals surface area contributed by atoms with Gasteiger partial charge in [-0.05, 0) is 6.07 Å². The van der Waals surface area contributed by atoms with Crippen molar-refractivity contribution in [2.45, 2.75) is 24.5 Å². The third-order valence-corrected chi connectivity index (χ3v) is 2.99. The van der Waals surface area contributed by atoms with E-state index in [4.69, 9.17) is 22.1 Å². The van der Waals surface area contributed by atoms with E-state index in [-0.39, 0.29) is 4.64 Å². The van der Waals surface area contributed by atoms with Gasteiger partial charge in [-0.1, -0.05) is 12.2 Å². The zero-order chi connectivity index (χ0) is 12.6. The highest BCUT2D eigenvalue weighted by Gasteiger charge is 2.43. The minimum Gasteiger partial charge on any atom is -0.394 e. The normalized spacial score (nSPS) is 32.9. The van der Waals surface area contributed by atoms with Crippen LogP contribution in [-0.2, 0) is 4.74 Å². The summed E-state index contributed by atoms with van der Waals surface area (Å²) < 4.78 is 6.41. The maximum atomic E-state index is 11.6. The number of nitrogens with one attached hydrogen (secondary N) is 1. The largest absolute Gasteiger partial charge is 0.394 e. The first-order valence-corrected chi connectivity index (χ1v) is 5.39. The number of hydrogen-bond donors (Lipinski definition) is 4. The molecule has 1 aliphatic heterocycles. The van der Waals surface area contributed by atoms with Crippen LogP contribution in [0.1, 0.15) is 6.23 Å². The maximum Gasteiger partial charge on any atom is 0.328 e. The van der Waals surface area contributed by atoms with Crippen LogP contribution in [0.25, 0.3) is 0 Å². The van der Waals surface area contributed by atoms with E-state index in [2.05, 4.69) is 4.98 Å². The molecule has 0 spiro atoms. The van der Waals surface area contributed by atoms with Crippen LogP contribution in [0.15, 0.2) is 17.1 Å². The van der Waals surface area contributed by atoms with Gasteiger partial charge in [-0.25, -0.2) is 4.79 Å². The van der Waals surface area contributed by atoms with E-state index in [1.54, 1.807) is 0 Å². The SMILES string of the molecule is O=c1[nH]ccc(=S)n1[C@@H]1O[C@@H](CO)[C@H](O)[C@@H]1O. The maximum absolute atomic E-state index is 11.6. The average Bonchev–Trinajstić information content (AvgIpc) is 2.57. The van der Waals surface area contributed by atoms with E-state index in [9.17, 15) is 15.0 Å². The Morgan fingerprint density at radius 3 is 2.71 bits per heavy atom. The summed E-state index contributed by atoms with van der Waals surface area (Å²) >= 11 is 4.95. The highest BCUT2D eigenvalue weighted by atomic mass is 32.1. The van der Waals surface area contributed by atoms with Crippen LogP contribution in [0.5, 0.6) is 0 Å². The first-order chi connectivity index (χ1) is 8.06. The summed E-state index contributed by atoms with van der Waals surface area (Å²) in [6.45, 7) is -0.452. The summed E-state index contributed by atoms with van der Waals surface area (Å²) in [6, 6.07) is 1.46. The molecule has 2 rings (SSSR count). The molecule has 4 atom stereocenters. The van der Waals surface area contributed by atoms with Crippen molar-refractivity contribution in [3.8, 4) is 0 Å². The second-order valence-corrected chi connectivity index (χ2v) is 4.14. The number of aliphatic hydroxyl groups excluding tert-OH is 3. The second-order valence-electron chi connectivity index (χ2n) is 3.72. The van der Waals surface area contributed by atoms with Gasteiger partial charge in [-0.2, -0.15) is 0 Å². The lowest BCUT2D eigenvalue weighted by Gasteiger charge is -2.16. The summed E-state index contributed by atoms with van der Waals surface area (Å²) in [6.07, 6.45) is -3.23. The van der Waals surface area contributed by atoms with Crippen molar-refractivity contribution < 1.29 is 20.1 Å². The van der Waals surface area contributed by atoms with Gasteiger partial charge in [-0.15, -0.1) is 0 Å². The number of nitrogens with zero attached hydrogens (tertiary/aromatic N) is 1. The summed E-state index contributed by atoms with van der Waals surface area (Å²) in [5.41, 5.74) is -0.549. The van der Waals surface area contributed by atoms with E-state index in [1.807, 2.05) is 0 Å². The molecule has 0 amide bonds. The van der Waals surface area contributed by atoms with Crippen LogP contribution < -0.4 is 5.69 Å². The highest BCUT2D eigenvalue weighted by molar-refractivity contribution is 7.71. The molecule has 8 heteroatoms. The van der Waals surface area contributed by atoms with E-state index < -0.39 is 36.8 Å². The Balaban J connectivity index is 2.42. The fraction of sp³-hybridized carbons (Fsp3) is 0.556. The molecule has 1 aromatic rings. The molecule has 1 fully saturated rings. The third kappa shape index (κ3) is 2.05. The van der Waals surface area contributed by atoms with Gasteiger partial charge in [0.15, 0.2) is 6.23 Å². The molecule has 0 bridgehead atoms. The predicted molar refractivity (Wildman–Crippen MR) is 58.9 cm³/mol. The Morgan fingerprint density at radius 1 is 1.47 bits per heavy atom. The predicted octanol–water partition coefficient (Wildman–Crippen LogP) is -1.48. The first-order valence-electron chi connectivity index (χ1n) is 4.99. The van der Waals surface area contributed by atoms with Crippen LogP contribution in [0.4, 0.5) is 0 Å². The summed E-state index contributed by atoms with van der Waals surface area (Å²) in [5, 5.41) is 28.3. The van der Waals surface area contributed by atoms with Crippen molar-refractivity contribution in [2.75, 3.05) is 6.61 Å². The molecule has 7 nitrogen and oxygen atoms in total. The van der Waals surface area contributed by atoms with E-state index in [0.717, 1.165) is 4.57 Å². The summed E-state index contributed by atoms with van der Waals surface area (Å²) in [4.78, 5) is 14.0. The Kier molecular flexibility index (Phi) is 3.40. The van der Waals surface area contributed by atoms with Crippen molar-refractivity contribution in [1.29, 1.82) is 0 Å². The molecular formula is C9H12N2O5S. The quantitative estimate of drug-likeness (QED) is 0.483. The molecule has 94 valence electrons. The lowest BCUT2D eigenvalue weighted by molar-refractivity contribution is -0.0556. The molecule has 0 unspecified atom stereocenters. The molecule has 4 N–H and O–H groups in total. The minimum atomic E-state index is -1.32. The molecule has 0 aliphatic carbocycles. The van der Waals surface area contributed by atoms with Crippen LogP contribution in [0, 0.1) is 4.64 Å². The summed E-state index contributed by atoms with van der Waals surface area (Å²) in [7, 11) is 0. The molecule has 0 aromatic carbocycles. The Labute approximate surface area is 101 Å². The molecule has 0 radical (unpaired) electrons. The molecule has 17 heavy (non-hydrogen) atoms. The standard InChI is InChI=1S/C9H12N2O5S/c12-3-4-6(13)7(14)8(16-4)11-5(17)1-2-10-9(11)15/h1-2,4,6-8,12-14H,3H2,(H,10,15)/t4-,6-,7-,8+/m0/s1. The highest BCUT2D eigenvalue weighted by Crippen LogP contribution is 2.28. The molecule has 2 heterocycles. The lowest BCUT2D eigenvalue weighted by atomic mass is 10.1. The molecule has 0 saturated carbocycles. The summed E-state index contributed by atoms with van der Waals surface area (Å²) in [5.74, 6) is 0. The molecule has 1 aliphatic rings. The van der Waals surface area contributed by atoms with Gasteiger partial charge in [0, 0.05) is 6.20 Å².